The monoisotopic (exact) mass is 403 g/mol. The van der Waals surface area contributed by atoms with E-state index in [1.165, 1.54) is 44.9 Å². The fourth-order valence-electron chi connectivity index (χ4n) is 7.67. The lowest BCUT2D eigenvalue weighted by Gasteiger charge is -2.60. The van der Waals surface area contributed by atoms with Gasteiger partial charge in [0.05, 0.1) is 0 Å². The van der Waals surface area contributed by atoms with Gasteiger partial charge in [0, 0.05) is 23.2 Å². The largest absolute Gasteiger partial charge is 0.293 e. The van der Waals surface area contributed by atoms with E-state index in [1.54, 1.807) is 11.8 Å². The molecule has 4 aliphatic carbocycles. The number of fused-ring (bicyclic) bond motifs is 5. The molecule has 0 aromatic carbocycles. The van der Waals surface area contributed by atoms with Crippen LogP contribution in [0.2, 0.25) is 0 Å². The summed E-state index contributed by atoms with van der Waals surface area (Å²) in [5.41, 5.74) is 1.40. The van der Waals surface area contributed by atoms with Gasteiger partial charge in [-0.2, -0.15) is 11.8 Å². The molecule has 3 saturated carbocycles. The van der Waals surface area contributed by atoms with E-state index in [2.05, 4.69) is 25.2 Å². The first-order chi connectivity index (χ1) is 13.4. The summed E-state index contributed by atoms with van der Waals surface area (Å²) in [5.74, 6) is 3.63. The van der Waals surface area contributed by atoms with Crippen LogP contribution in [0.25, 0.3) is 0 Å². The molecule has 0 aromatic heterocycles. The normalized spacial score (nSPS) is 42.0. The molecule has 6 atom stereocenters. The van der Waals surface area contributed by atoms with Gasteiger partial charge in [-0.3, -0.25) is 14.9 Å². The van der Waals surface area contributed by atoms with Gasteiger partial charge in [-0.05, 0) is 80.3 Å². The molecular weight excluding hydrogens is 366 g/mol. The number of carbonyl (C=O) groups is 2. The van der Waals surface area contributed by atoms with Crippen molar-refractivity contribution >= 4 is 23.6 Å². The van der Waals surface area contributed by atoms with Crippen molar-refractivity contribution in [2.24, 2.45) is 34.5 Å². The van der Waals surface area contributed by atoms with Crippen LogP contribution in [-0.2, 0) is 9.59 Å². The molecule has 28 heavy (non-hydrogen) atoms. The van der Waals surface area contributed by atoms with Crippen LogP contribution in [0.5, 0.6) is 0 Å². The fraction of sp³-hybridized carbons (Fsp3) is 0.833. The first-order valence-electron chi connectivity index (χ1n) is 11.4. The minimum atomic E-state index is -0.129. The maximum Gasteiger partial charge on any atom is 0.254 e. The summed E-state index contributed by atoms with van der Waals surface area (Å²) >= 11 is 1.64. The second-order valence-electron chi connectivity index (χ2n) is 10.3. The summed E-state index contributed by atoms with van der Waals surface area (Å²) in [5, 5.41) is 2.68. The lowest BCUT2D eigenvalue weighted by Crippen LogP contribution is -2.53. The second kappa shape index (κ2) is 7.81. The highest BCUT2D eigenvalue weighted by atomic mass is 32.2. The Morgan fingerprint density at radius 2 is 1.93 bits per heavy atom. The van der Waals surface area contributed by atoms with Gasteiger partial charge in [-0.25, -0.2) is 0 Å². The van der Waals surface area contributed by atoms with Crippen LogP contribution in [0.3, 0.4) is 0 Å². The standard InChI is InChI=1S/C24H37NO2S/c1-23-13-5-4-6-16(23)7-8-17-18-9-10-20(24(18,2)14-11-19(17)23)22(27)25-21(26)12-15-28-3/h10,16-19H,4-9,11-15H2,1-3H3,(H,25,26,27)/t16-,17+,18+,19+,23+,24+/m1/s1. The summed E-state index contributed by atoms with van der Waals surface area (Å²) in [4.78, 5) is 25.0. The van der Waals surface area contributed by atoms with Gasteiger partial charge in [0.25, 0.3) is 5.91 Å². The first-order valence-corrected chi connectivity index (χ1v) is 12.8. The predicted molar refractivity (Wildman–Crippen MR) is 116 cm³/mol. The molecule has 0 aliphatic heterocycles. The molecule has 3 nitrogen and oxygen atoms in total. The average molecular weight is 404 g/mol. The lowest BCUT2D eigenvalue weighted by molar-refractivity contribution is -0.130. The van der Waals surface area contributed by atoms with E-state index in [0.717, 1.165) is 41.9 Å². The zero-order valence-corrected chi connectivity index (χ0v) is 18.7. The molecule has 0 heterocycles. The third kappa shape index (κ3) is 3.28. The van der Waals surface area contributed by atoms with Crippen LogP contribution in [-0.4, -0.2) is 23.8 Å². The highest BCUT2D eigenvalue weighted by Crippen LogP contribution is 2.66. The zero-order valence-electron chi connectivity index (χ0n) is 17.9. The molecule has 156 valence electrons. The Labute approximate surface area is 174 Å². The zero-order chi connectivity index (χ0) is 19.9. The Morgan fingerprint density at radius 1 is 1.11 bits per heavy atom. The maximum atomic E-state index is 12.9. The van der Waals surface area contributed by atoms with Gasteiger partial charge in [0.1, 0.15) is 0 Å². The summed E-state index contributed by atoms with van der Waals surface area (Å²) in [6, 6.07) is 0. The molecule has 0 spiro atoms. The number of nitrogens with one attached hydrogen (secondary N) is 1. The van der Waals surface area contributed by atoms with Gasteiger partial charge >= 0.3 is 0 Å². The maximum absolute atomic E-state index is 12.9. The molecule has 3 fully saturated rings. The van der Waals surface area contributed by atoms with E-state index >= 15 is 0 Å². The van der Waals surface area contributed by atoms with Gasteiger partial charge < -0.3 is 0 Å². The minimum Gasteiger partial charge on any atom is -0.293 e. The average Bonchev–Trinajstić information content (AvgIpc) is 3.03. The summed E-state index contributed by atoms with van der Waals surface area (Å²) in [6.45, 7) is 4.91. The van der Waals surface area contributed by atoms with E-state index in [1.807, 2.05) is 6.26 Å². The summed E-state index contributed by atoms with van der Waals surface area (Å²) in [6.07, 6.45) is 16.4. The molecule has 4 rings (SSSR count). The number of hydrogen-bond donors (Lipinski definition) is 1. The molecule has 0 bridgehead atoms. The highest BCUT2D eigenvalue weighted by Gasteiger charge is 2.58. The Morgan fingerprint density at radius 3 is 2.71 bits per heavy atom. The van der Waals surface area contributed by atoms with Gasteiger partial charge in [0.2, 0.25) is 5.91 Å². The number of imide groups is 1. The van der Waals surface area contributed by atoms with Crippen molar-refractivity contribution in [3.05, 3.63) is 11.6 Å². The van der Waals surface area contributed by atoms with E-state index in [4.69, 9.17) is 0 Å². The van der Waals surface area contributed by atoms with E-state index in [9.17, 15) is 9.59 Å². The van der Waals surface area contributed by atoms with Crippen molar-refractivity contribution in [1.82, 2.24) is 5.32 Å². The second-order valence-corrected chi connectivity index (χ2v) is 11.3. The summed E-state index contributed by atoms with van der Waals surface area (Å²) in [7, 11) is 0. The Kier molecular flexibility index (Phi) is 5.72. The van der Waals surface area contributed by atoms with E-state index < -0.39 is 0 Å². The molecule has 0 radical (unpaired) electrons. The molecule has 4 aliphatic rings. The van der Waals surface area contributed by atoms with Crippen LogP contribution in [0.15, 0.2) is 11.6 Å². The quantitative estimate of drug-likeness (QED) is 0.688. The van der Waals surface area contributed by atoms with Crippen molar-refractivity contribution in [2.45, 2.75) is 78.1 Å². The van der Waals surface area contributed by atoms with Crippen molar-refractivity contribution in [2.75, 3.05) is 12.0 Å². The minimum absolute atomic E-state index is 0.0388. The first kappa shape index (κ1) is 20.5. The number of allylic oxidation sites excluding steroid dienone is 1. The number of carbonyl (C=O) groups excluding carboxylic acids is 2. The highest BCUT2D eigenvalue weighted by molar-refractivity contribution is 7.98. The van der Waals surface area contributed by atoms with Crippen LogP contribution in [0.4, 0.5) is 0 Å². The van der Waals surface area contributed by atoms with Crippen molar-refractivity contribution < 1.29 is 9.59 Å². The third-order valence-electron chi connectivity index (χ3n) is 9.19. The summed E-state index contributed by atoms with van der Waals surface area (Å²) < 4.78 is 0. The Bertz CT molecular complexity index is 674. The van der Waals surface area contributed by atoms with E-state index in [0.29, 0.717) is 17.8 Å². The van der Waals surface area contributed by atoms with E-state index in [-0.39, 0.29) is 17.2 Å². The predicted octanol–water partition coefficient (Wildman–Crippen LogP) is 5.35. The van der Waals surface area contributed by atoms with Crippen LogP contribution in [0.1, 0.15) is 78.1 Å². The Hall–Kier alpha value is -0.770. The molecular formula is C24H37NO2S. The van der Waals surface area contributed by atoms with Crippen LogP contribution >= 0.6 is 11.8 Å². The third-order valence-corrected chi connectivity index (χ3v) is 9.81. The number of rotatable bonds is 4. The molecule has 4 heteroatoms. The molecule has 2 amide bonds. The van der Waals surface area contributed by atoms with Gasteiger partial charge in [-0.15, -0.1) is 0 Å². The number of thioether (sulfide) groups is 1. The molecule has 0 aromatic rings. The lowest BCUT2D eigenvalue weighted by atomic mass is 9.45. The van der Waals surface area contributed by atoms with Crippen LogP contribution < -0.4 is 5.32 Å². The smallest absolute Gasteiger partial charge is 0.254 e. The van der Waals surface area contributed by atoms with Gasteiger partial charge in [0.15, 0.2) is 0 Å². The number of hydrogen-bond acceptors (Lipinski definition) is 3. The molecule has 0 saturated heterocycles. The van der Waals surface area contributed by atoms with Crippen molar-refractivity contribution in [3.63, 3.8) is 0 Å². The van der Waals surface area contributed by atoms with Crippen molar-refractivity contribution in [1.29, 1.82) is 0 Å². The fourth-order valence-corrected chi connectivity index (χ4v) is 8.06. The van der Waals surface area contributed by atoms with Crippen LogP contribution in [0, 0.1) is 34.5 Å². The SMILES string of the molecule is CSCCC(=O)NC(=O)C1=CC[C@H]2[C@@H]3CC[C@H]4CCCC[C@]4(C)[C@H]3CC[C@]12C. The van der Waals surface area contributed by atoms with Crippen molar-refractivity contribution in [3.8, 4) is 0 Å². The Balaban J connectivity index is 1.48. The number of amides is 2. The topological polar surface area (TPSA) is 46.2 Å². The molecule has 0 unspecified atom stereocenters. The van der Waals surface area contributed by atoms with Gasteiger partial charge in [-0.1, -0.05) is 32.8 Å². The molecule has 1 N–H and O–H groups in total.